The molecule has 0 radical (unpaired) electrons. The fraction of sp³-hybridized carbons (Fsp3) is 0.364. The lowest BCUT2D eigenvalue weighted by atomic mass is 10.1. The number of hydrogen-bond donors (Lipinski definition) is 2. The molecule has 0 aliphatic rings. The number of amides is 1. The second-order valence-electron chi connectivity index (χ2n) is 3.57. The Hall–Kier alpha value is -0.870. The van der Waals surface area contributed by atoms with Gasteiger partial charge in [-0.3, -0.25) is 4.79 Å². The highest BCUT2D eigenvalue weighted by Crippen LogP contribution is 2.17. The number of nitrogens with two attached hydrogens (primary N) is 1. The van der Waals surface area contributed by atoms with Crippen LogP contribution in [0.3, 0.4) is 0 Å². The minimum atomic E-state index is -0.473. The van der Waals surface area contributed by atoms with Gasteiger partial charge in [0.05, 0.1) is 12.1 Å². The van der Waals surface area contributed by atoms with Crippen molar-refractivity contribution in [3.05, 3.63) is 34.3 Å². The van der Waals surface area contributed by atoms with Crippen LogP contribution in [0.1, 0.15) is 25.5 Å². The Morgan fingerprint density at radius 1 is 1.47 bits per heavy atom. The lowest BCUT2D eigenvalue weighted by molar-refractivity contribution is -0.122. The minimum Gasteiger partial charge on any atom is -0.348 e. The van der Waals surface area contributed by atoms with Crippen molar-refractivity contribution in [1.82, 2.24) is 5.32 Å². The third-order valence-corrected chi connectivity index (χ3v) is 2.61. The molecule has 2 atom stereocenters. The van der Waals surface area contributed by atoms with Gasteiger partial charge in [-0.25, -0.2) is 0 Å². The molecule has 0 spiro atoms. The van der Waals surface area contributed by atoms with Crippen LogP contribution in [0.4, 0.5) is 0 Å². The second-order valence-corrected chi connectivity index (χ2v) is 4.49. The van der Waals surface area contributed by atoms with Crippen LogP contribution in [0.25, 0.3) is 0 Å². The zero-order valence-corrected chi connectivity index (χ0v) is 10.4. The Labute approximate surface area is 98.2 Å². The molecule has 0 heterocycles. The molecule has 1 unspecified atom stereocenters. The first kappa shape index (κ1) is 12.2. The Bertz CT molecular complexity index is 352. The van der Waals surface area contributed by atoms with Gasteiger partial charge in [0.1, 0.15) is 0 Å². The number of hydrogen-bond acceptors (Lipinski definition) is 2. The molecule has 3 N–H and O–H groups in total. The number of carbonyl (C=O) groups is 1. The topological polar surface area (TPSA) is 55.1 Å². The molecule has 1 aromatic rings. The average Bonchev–Trinajstić information content (AvgIpc) is 2.17. The summed E-state index contributed by atoms with van der Waals surface area (Å²) in [6.45, 7) is 3.60. The van der Waals surface area contributed by atoms with Crippen LogP contribution in [0.2, 0.25) is 0 Å². The smallest absolute Gasteiger partial charge is 0.237 e. The summed E-state index contributed by atoms with van der Waals surface area (Å²) >= 11 is 3.39. The summed E-state index contributed by atoms with van der Waals surface area (Å²) in [5, 5.41) is 2.84. The van der Waals surface area contributed by atoms with Crippen LogP contribution >= 0.6 is 15.9 Å². The molecule has 0 saturated heterocycles. The zero-order valence-electron chi connectivity index (χ0n) is 8.83. The molecule has 0 aromatic heterocycles. The van der Waals surface area contributed by atoms with E-state index in [1.54, 1.807) is 6.92 Å². The van der Waals surface area contributed by atoms with Gasteiger partial charge in [-0.2, -0.15) is 0 Å². The van der Waals surface area contributed by atoms with Gasteiger partial charge in [0.15, 0.2) is 0 Å². The minimum absolute atomic E-state index is 0.0269. The second kappa shape index (κ2) is 5.28. The van der Waals surface area contributed by atoms with Gasteiger partial charge in [0.25, 0.3) is 0 Å². The Balaban J connectivity index is 2.69. The Kier molecular flexibility index (Phi) is 4.29. The maximum atomic E-state index is 11.4. The van der Waals surface area contributed by atoms with Crippen molar-refractivity contribution in [3.63, 3.8) is 0 Å². The third kappa shape index (κ3) is 3.64. The van der Waals surface area contributed by atoms with Gasteiger partial charge in [0.2, 0.25) is 5.91 Å². The molecule has 3 nitrogen and oxygen atoms in total. The molecule has 0 fully saturated rings. The predicted molar refractivity (Wildman–Crippen MR) is 64.3 cm³/mol. The van der Waals surface area contributed by atoms with Gasteiger partial charge in [-0.05, 0) is 31.5 Å². The molecule has 0 aliphatic heterocycles. The average molecular weight is 271 g/mol. The van der Waals surface area contributed by atoms with Crippen molar-refractivity contribution < 1.29 is 4.79 Å². The standard InChI is InChI=1S/C11H15BrN2O/c1-7(13)11(15)14-8(2)9-4-3-5-10(12)6-9/h3-8H,13H2,1-2H3,(H,14,15)/t7?,8-/m0/s1. The predicted octanol–water partition coefficient (Wildman–Crippen LogP) is 1.97. The van der Waals surface area contributed by atoms with Crippen molar-refractivity contribution >= 4 is 21.8 Å². The molecule has 0 saturated carbocycles. The summed E-state index contributed by atoms with van der Waals surface area (Å²) in [7, 11) is 0. The van der Waals surface area contributed by atoms with Crippen LogP contribution in [-0.4, -0.2) is 11.9 Å². The van der Waals surface area contributed by atoms with E-state index in [1.165, 1.54) is 0 Å². The summed E-state index contributed by atoms with van der Waals surface area (Å²) in [5.41, 5.74) is 6.52. The molecule has 82 valence electrons. The molecule has 1 amide bonds. The maximum Gasteiger partial charge on any atom is 0.237 e. The first-order chi connectivity index (χ1) is 7.00. The van der Waals surface area contributed by atoms with E-state index in [2.05, 4.69) is 21.2 Å². The van der Waals surface area contributed by atoms with Crippen LogP contribution < -0.4 is 11.1 Å². The van der Waals surface area contributed by atoms with Crippen molar-refractivity contribution in [2.45, 2.75) is 25.9 Å². The van der Waals surface area contributed by atoms with E-state index in [9.17, 15) is 4.79 Å². The molecule has 0 aliphatic carbocycles. The number of rotatable bonds is 3. The maximum absolute atomic E-state index is 11.4. The van der Waals surface area contributed by atoms with Crippen molar-refractivity contribution in [1.29, 1.82) is 0 Å². The summed E-state index contributed by atoms with van der Waals surface area (Å²) < 4.78 is 1.00. The van der Waals surface area contributed by atoms with E-state index in [0.717, 1.165) is 10.0 Å². The van der Waals surface area contributed by atoms with E-state index in [0.29, 0.717) is 0 Å². The molecule has 15 heavy (non-hydrogen) atoms. The van der Waals surface area contributed by atoms with Gasteiger partial charge in [0, 0.05) is 4.47 Å². The third-order valence-electron chi connectivity index (χ3n) is 2.12. The molecule has 1 rings (SSSR count). The highest BCUT2D eigenvalue weighted by molar-refractivity contribution is 9.10. The van der Waals surface area contributed by atoms with Crippen molar-refractivity contribution in [2.75, 3.05) is 0 Å². The summed E-state index contributed by atoms with van der Waals surface area (Å²) in [4.78, 5) is 11.4. The highest BCUT2D eigenvalue weighted by Gasteiger charge is 2.12. The van der Waals surface area contributed by atoms with Crippen LogP contribution in [0, 0.1) is 0 Å². The van der Waals surface area contributed by atoms with E-state index in [1.807, 2.05) is 31.2 Å². The van der Waals surface area contributed by atoms with Gasteiger partial charge >= 0.3 is 0 Å². The molecule has 1 aromatic carbocycles. The van der Waals surface area contributed by atoms with E-state index in [-0.39, 0.29) is 11.9 Å². The van der Waals surface area contributed by atoms with Gasteiger partial charge in [-0.1, -0.05) is 28.1 Å². The highest BCUT2D eigenvalue weighted by atomic mass is 79.9. The quantitative estimate of drug-likeness (QED) is 0.883. The van der Waals surface area contributed by atoms with E-state index >= 15 is 0 Å². The monoisotopic (exact) mass is 270 g/mol. The fourth-order valence-electron chi connectivity index (χ4n) is 1.20. The van der Waals surface area contributed by atoms with Crippen molar-refractivity contribution in [2.24, 2.45) is 5.73 Å². The summed E-state index contributed by atoms with van der Waals surface area (Å²) in [6, 6.07) is 7.33. The SMILES string of the molecule is CC(N)C(=O)N[C@@H](C)c1cccc(Br)c1. The Morgan fingerprint density at radius 3 is 2.67 bits per heavy atom. The van der Waals surface area contributed by atoms with E-state index in [4.69, 9.17) is 5.73 Å². The van der Waals surface area contributed by atoms with Gasteiger partial charge in [-0.15, -0.1) is 0 Å². The molecular weight excluding hydrogens is 256 g/mol. The van der Waals surface area contributed by atoms with Crippen LogP contribution in [0.15, 0.2) is 28.7 Å². The first-order valence-electron chi connectivity index (χ1n) is 4.82. The number of benzene rings is 1. The lowest BCUT2D eigenvalue weighted by Crippen LogP contribution is -2.39. The number of carbonyl (C=O) groups excluding carboxylic acids is 1. The summed E-state index contributed by atoms with van der Waals surface area (Å²) in [5.74, 6) is -0.137. The fourth-order valence-corrected chi connectivity index (χ4v) is 1.62. The van der Waals surface area contributed by atoms with Gasteiger partial charge < -0.3 is 11.1 Å². The van der Waals surface area contributed by atoms with Crippen LogP contribution in [0.5, 0.6) is 0 Å². The van der Waals surface area contributed by atoms with Crippen LogP contribution in [-0.2, 0) is 4.79 Å². The van der Waals surface area contributed by atoms with E-state index < -0.39 is 6.04 Å². The number of halogens is 1. The Morgan fingerprint density at radius 2 is 2.13 bits per heavy atom. The largest absolute Gasteiger partial charge is 0.348 e. The lowest BCUT2D eigenvalue weighted by Gasteiger charge is -2.16. The normalized spacial score (nSPS) is 14.4. The molecule has 0 bridgehead atoms. The van der Waals surface area contributed by atoms with Crippen molar-refractivity contribution in [3.8, 4) is 0 Å². The first-order valence-corrected chi connectivity index (χ1v) is 5.61. The summed E-state index contributed by atoms with van der Waals surface area (Å²) in [6.07, 6.45) is 0. The molecular formula is C11H15BrN2O. The zero-order chi connectivity index (χ0) is 11.4. The molecule has 4 heteroatoms. The number of nitrogens with one attached hydrogen (secondary N) is 1.